The Kier molecular flexibility index (Phi) is 7.80. The Morgan fingerprint density at radius 1 is 1.43 bits per heavy atom. The van der Waals surface area contributed by atoms with Crippen molar-refractivity contribution < 1.29 is 4.43 Å². The lowest BCUT2D eigenvalue weighted by Gasteiger charge is -1.92. The fourth-order valence-electron chi connectivity index (χ4n) is 0.341. The number of rotatable bonds is 4. The third kappa shape index (κ3) is 6.91. The standard InChI is InChI=1S/C4H11IOSi/c5-3-1-2-4-6-7/h1-4H2,7H3. The van der Waals surface area contributed by atoms with E-state index < -0.39 is 0 Å². The van der Waals surface area contributed by atoms with Crippen molar-refractivity contribution >= 4 is 33.1 Å². The van der Waals surface area contributed by atoms with E-state index in [2.05, 4.69) is 22.6 Å². The fraction of sp³-hybridized carbons (Fsp3) is 1.00. The van der Waals surface area contributed by atoms with Crippen molar-refractivity contribution in [3.8, 4) is 0 Å². The van der Waals surface area contributed by atoms with Crippen molar-refractivity contribution in [2.24, 2.45) is 0 Å². The molecule has 0 bridgehead atoms. The summed E-state index contributed by atoms with van der Waals surface area (Å²) in [5, 5.41) is 0. The lowest BCUT2D eigenvalue weighted by molar-refractivity contribution is 0.340. The quantitative estimate of drug-likeness (QED) is 0.296. The number of hydrogen-bond donors (Lipinski definition) is 0. The van der Waals surface area contributed by atoms with E-state index in [1.807, 2.05) is 0 Å². The normalized spacial score (nSPS) is 9.86. The molecule has 0 heterocycles. The molecule has 0 radical (unpaired) electrons. The smallest absolute Gasteiger partial charge is 0.145 e. The molecule has 3 heteroatoms. The molecular weight excluding hydrogens is 219 g/mol. The lowest BCUT2D eigenvalue weighted by Crippen LogP contribution is -1.88. The highest BCUT2D eigenvalue weighted by Crippen LogP contribution is 1.92. The van der Waals surface area contributed by atoms with Crippen molar-refractivity contribution in [2.75, 3.05) is 11.0 Å². The SMILES string of the molecule is [SiH3]OCCCCI. The Hall–Kier alpha value is 0.907. The van der Waals surface area contributed by atoms with Gasteiger partial charge in [0.25, 0.3) is 0 Å². The molecule has 0 rings (SSSR count). The van der Waals surface area contributed by atoms with Gasteiger partial charge in [-0.05, 0) is 17.3 Å². The summed E-state index contributed by atoms with van der Waals surface area (Å²) in [5.41, 5.74) is 0. The van der Waals surface area contributed by atoms with Crippen LogP contribution >= 0.6 is 22.6 Å². The second-order valence-corrected chi connectivity index (χ2v) is 3.04. The summed E-state index contributed by atoms with van der Waals surface area (Å²) >= 11 is 2.38. The highest BCUT2D eigenvalue weighted by atomic mass is 127. The molecule has 0 saturated carbocycles. The van der Waals surface area contributed by atoms with Crippen LogP contribution in [0.2, 0.25) is 0 Å². The minimum absolute atomic E-state index is 0.903. The first-order chi connectivity index (χ1) is 3.41. The molecule has 44 valence electrons. The van der Waals surface area contributed by atoms with Gasteiger partial charge >= 0.3 is 0 Å². The van der Waals surface area contributed by atoms with Crippen LogP contribution in [-0.2, 0) is 4.43 Å². The highest BCUT2D eigenvalue weighted by molar-refractivity contribution is 14.1. The molecule has 0 saturated heterocycles. The molecule has 0 spiro atoms. The number of unbranched alkanes of at least 4 members (excludes halogenated alkanes) is 1. The molecule has 0 unspecified atom stereocenters. The minimum atomic E-state index is 0.903. The summed E-state index contributed by atoms with van der Waals surface area (Å²) in [7, 11) is 0.903. The van der Waals surface area contributed by atoms with Crippen LogP contribution in [-0.4, -0.2) is 21.5 Å². The predicted octanol–water partition coefficient (Wildman–Crippen LogP) is 0.499. The summed E-state index contributed by atoms with van der Waals surface area (Å²) in [5.74, 6) is 0. The molecule has 0 aromatic rings. The maximum atomic E-state index is 4.98. The Morgan fingerprint density at radius 2 is 2.14 bits per heavy atom. The lowest BCUT2D eigenvalue weighted by atomic mass is 10.4. The first-order valence-corrected chi connectivity index (χ1v) is 4.81. The van der Waals surface area contributed by atoms with Crippen LogP contribution in [0, 0.1) is 0 Å². The maximum absolute atomic E-state index is 4.98. The van der Waals surface area contributed by atoms with Crippen LogP contribution in [0.4, 0.5) is 0 Å². The van der Waals surface area contributed by atoms with Crippen molar-refractivity contribution in [3.63, 3.8) is 0 Å². The van der Waals surface area contributed by atoms with Gasteiger partial charge in [-0.15, -0.1) is 0 Å². The third-order valence-electron chi connectivity index (χ3n) is 0.732. The first-order valence-electron chi connectivity index (χ1n) is 2.46. The van der Waals surface area contributed by atoms with E-state index in [1.54, 1.807) is 0 Å². The topological polar surface area (TPSA) is 9.23 Å². The highest BCUT2D eigenvalue weighted by Gasteiger charge is 1.80. The van der Waals surface area contributed by atoms with Gasteiger partial charge in [0.05, 0.1) is 0 Å². The molecule has 0 amide bonds. The zero-order valence-corrected chi connectivity index (χ0v) is 8.77. The van der Waals surface area contributed by atoms with E-state index >= 15 is 0 Å². The van der Waals surface area contributed by atoms with Gasteiger partial charge in [-0.25, -0.2) is 0 Å². The first kappa shape index (κ1) is 7.91. The van der Waals surface area contributed by atoms with Crippen LogP contribution in [0.25, 0.3) is 0 Å². The molecule has 0 aliphatic rings. The molecule has 0 aromatic carbocycles. The van der Waals surface area contributed by atoms with Crippen molar-refractivity contribution in [1.82, 2.24) is 0 Å². The summed E-state index contributed by atoms with van der Waals surface area (Å²) in [6, 6.07) is 0. The van der Waals surface area contributed by atoms with E-state index in [0.717, 1.165) is 17.1 Å². The van der Waals surface area contributed by atoms with Crippen molar-refractivity contribution in [2.45, 2.75) is 12.8 Å². The third-order valence-corrected chi connectivity index (χ3v) is 1.90. The predicted molar refractivity (Wildman–Crippen MR) is 44.0 cm³/mol. The monoisotopic (exact) mass is 230 g/mol. The summed E-state index contributed by atoms with van der Waals surface area (Å²) in [4.78, 5) is 0. The number of hydrogen-bond acceptors (Lipinski definition) is 1. The van der Waals surface area contributed by atoms with Gasteiger partial charge in [0.1, 0.15) is 10.5 Å². The van der Waals surface area contributed by atoms with Gasteiger partial charge in [0.15, 0.2) is 0 Å². The van der Waals surface area contributed by atoms with E-state index in [0.29, 0.717) is 0 Å². The van der Waals surface area contributed by atoms with Crippen LogP contribution in [0.5, 0.6) is 0 Å². The molecule has 0 fully saturated rings. The number of halogens is 1. The largest absolute Gasteiger partial charge is 0.428 e. The molecule has 0 aliphatic carbocycles. The minimum Gasteiger partial charge on any atom is -0.428 e. The van der Waals surface area contributed by atoms with Gasteiger partial charge in [0.2, 0.25) is 0 Å². The Labute approximate surface area is 61.5 Å². The van der Waals surface area contributed by atoms with Gasteiger partial charge in [-0.2, -0.15) is 0 Å². The van der Waals surface area contributed by atoms with Gasteiger partial charge in [-0.1, -0.05) is 22.6 Å². The molecule has 7 heavy (non-hydrogen) atoms. The average Bonchev–Trinajstić information content (AvgIpc) is 1.69. The average molecular weight is 230 g/mol. The fourth-order valence-corrected chi connectivity index (χ4v) is 1.17. The van der Waals surface area contributed by atoms with Crippen molar-refractivity contribution in [1.29, 1.82) is 0 Å². The van der Waals surface area contributed by atoms with Gasteiger partial charge < -0.3 is 4.43 Å². The van der Waals surface area contributed by atoms with Gasteiger partial charge in [0, 0.05) is 6.61 Å². The van der Waals surface area contributed by atoms with Gasteiger partial charge in [-0.3, -0.25) is 0 Å². The van der Waals surface area contributed by atoms with E-state index in [-0.39, 0.29) is 0 Å². The van der Waals surface area contributed by atoms with Crippen molar-refractivity contribution in [3.05, 3.63) is 0 Å². The molecular formula is C4H11IOSi. The van der Waals surface area contributed by atoms with Crippen LogP contribution in [0.1, 0.15) is 12.8 Å². The van der Waals surface area contributed by atoms with Crippen LogP contribution < -0.4 is 0 Å². The van der Waals surface area contributed by atoms with Crippen LogP contribution in [0.15, 0.2) is 0 Å². The molecule has 0 N–H and O–H groups in total. The maximum Gasteiger partial charge on any atom is 0.145 e. The summed E-state index contributed by atoms with van der Waals surface area (Å²) < 4.78 is 6.25. The van der Waals surface area contributed by atoms with E-state index in [9.17, 15) is 0 Å². The van der Waals surface area contributed by atoms with E-state index in [1.165, 1.54) is 17.3 Å². The Balaban J connectivity index is 2.45. The summed E-state index contributed by atoms with van der Waals surface area (Å²) in [6.45, 7) is 0.981. The van der Waals surface area contributed by atoms with E-state index in [4.69, 9.17) is 4.43 Å². The molecule has 0 aliphatic heterocycles. The Bertz CT molecular complexity index is 30.9. The Morgan fingerprint density at radius 3 is 2.57 bits per heavy atom. The zero-order valence-electron chi connectivity index (χ0n) is 4.61. The number of alkyl halides is 1. The summed E-state index contributed by atoms with van der Waals surface area (Å²) in [6.07, 6.45) is 2.55. The molecule has 1 nitrogen and oxygen atoms in total. The molecule has 0 aromatic heterocycles. The zero-order chi connectivity index (χ0) is 5.54. The second kappa shape index (κ2) is 6.91. The van der Waals surface area contributed by atoms with Crippen LogP contribution in [0.3, 0.4) is 0 Å². The molecule has 0 atom stereocenters. The second-order valence-electron chi connectivity index (χ2n) is 1.39.